The van der Waals surface area contributed by atoms with Gasteiger partial charge in [0.1, 0.15) is 6.04 Å². The minimum absolute atomic E-state index is 0.00403. The van der Waals surface area contributed by atoms with E-state index in [2.05, 4.69) is 4.99 Å². The molecule has 1 amide bonds. The molecule has 5 nitrogen and oxygen atoms in total. The molecule has 0 saturated heterocycles. The molecule has 11 heavy (non-hydrogen) atoms. The van der Waals surface area contributed by atoms with Crippen molar-refractivity contribution in [1.82, 2.24) is 4.90 Å². The molecular formula is C6H8N4O. The molecule has 5 heteroatoms. The largest absolute Gasteiger partial charge is 0.369 e. The predicted molar refractivity (Wildman–Crippen MR) is 38.2 cm³/mol. The summed E-state index contributed by atoms with van der Waals surface area (Å²) in [5.41, 5.74) is 5.28. The molecule has 0 fully saturated rings. The summed E-state index contributed by atoms with van der Waals surface area (Å²) in [4.78, 5) is 15.5. The smallest absolute Gasteiger partial charge is 0.272 e. The fraction of sp³-hybridized carbons (Fsp3) is 0.500. The molecule has 1 heterocycles. The van der Waals surface area contributed by atoms with Gasteiger partial charge >= 0.3 is 0 Å². The van der Waals surface area contributed by atoms with E-state index in [-0.39, 0.29) is 11.9 Å². The van der Waals surface area contributed by atoms with Crippen LogP contribution in [-0.4, -0.2) is 22.8 Å². The van der Waals surface area contributed by atoms with Crippen molar-refractivity contribution in [3.63, 3.8) is 0 Å². The van der Waals surface area contributed by atoms with E-state index >= 15 is 0 Å². The van der Waals surface area contributed by atoms with Crippen molar-refractivity contribution >= 4 is 11.9 Å². The van der Waals surface area contributed by atoms with Crippen LogP contribution in [0.2, 0.25) is 0 Å². The molecule has 1 aliphatic rings. The van der Waals surface area contributed by atoms with Crippen LogP contribution in [0.3, 0.4) is 0 Å². The van der Waals surface area contributed by atoms with E-state index in [1.165, 1.54) is 0 Å². The van der Waals surface area contributed by atoms with Crippen LogP contribution in [0.15, 0.2) is 4.99 Å². The highest BCUT2D eigenvalue weighted by Gasteiger charge is 2.32. The maximum Gasteiger partial charge on any atom is 0.272 e. The van der Waals surface area contributed by atoms with Crippen molar-refractivity contribution in [2.24, 2.45) is 10.7 Å². The summed E-state index contributed by atoms with van der Waals surface area (Å²) in [6, 6.07) is -0.472. The average molecular weight is 152 g/mol. The zero-order chi connectivity index (χ0) is 8.43. The molecule has 58 valence electrons. The summed E-state index contributed by atoms with van der Waals surface area (Å²) < 4.78 is 0. The third-order valence-electron chi connectivity index (χ3n) is 1.56. The number of rotatable bonds is 1. The van der Waals surface area contributed by atoms with Gasteiger partial charge < -0.3 is 5.73 Å². The first kappa shape index (κ1) is 7.54. The normalized spacial score (nSPS) is 23.3. The molecule has 0 aromatic carbocycles. The summed E-state index contributed by atoms with van der Waals surface area (Å²) in [7, 11) is 0. The monoisotopic (exact) mass is 152 g/mol. The molecule has 0 aliphatic carbocycles. The van der Waals surface area contributed by atoms with Gasteiger partial charge in [-0.1, -0.05) is 6.92 Å². The number of carbonyl (C=O) groups is 1. The van der Waals surface area contributed by atoms with E-state index in [1.54, 1.807) is 13.1 Å². The van der Waals surface area contributed by atoms with Crippen molar-refractivity contribution < 1.29 is 4.79 Å². The van der Waals surface area contributed by atoms with Gasteiger partial charge in [0, 0.05) is 0 Å². The van der Waals surface area contributed by atoms with E-state index in [0.717, 1.165) is 4.90 Å². The zero-order valence-corrected chi connectivity index (χ0v) is 6.11. The standard InChI is InChI=1S/C6H8N4O/c1-2-4-5(11)9-6(8)10(4)3-7/h4H,2H2,1H3,(H2,8,9,11). The molecule has 1 aliphatic heterocycles. The quantitative estimate of drug-likeness (QED) is 0.509. The second-order valence-corrected chi connectivity index (χ2v) is 2.20. The average Bonchev–Trinajstić information content (AvgIpc) is 2.24. The van der Waals surface area contributed by atoms with Gasteiger partial charge in [0.15, 0.2) is 6.19 Å². The maximum atomic E-state index is 10.9. The van der Waals surface area contributed by atoms with Crippen LogP contribution in [0.4, 0.5) is 0 Å². The Labute approximate surface area is 64.1 Å². The zero-order valence-electron chi connectivity index (χ0n) is 6.11. The Morgan fingerprint density at radius 2 is 2.55 bits per heavy atom. The number of guanidine groups is 1. The Morgan fingerprint density at radius 1 is 1.91 bits per heavy atom. The Bertz CT molecular complexity index is 252. The van der Waals surface area contributed by atoms with Gasteiger partial charge in [-0.3, -0.25) is 4.79 Å². The van der Waals surface area contributed by atoms with Gasteiger partial charge in [-0.25, -0.2) is 4.90 Å². The van der Waals surface area contributed by atoms with Gasteiger partial charge in [-0.2, -0.15) is 10.3 Å². The van der Waals surface area contributed by atoms with E-state index in [9.17, 15) is 4.79 Å². The number of nitriles is 1. The molecule has 0 aromatic heterocycles. The maximum absolute atomic E-state index is 10.9. The minimum Gasteiger partial charge on any atom is -0.369 e. The fourth-order valence-corrected chi connectivity index (χ4v) is 0.989. The third-order valence-corrected chi connectivity index (χ3v) is 1.56. The van der Waals surface area contributed by atoms with Gasteiger partial charge in [0.25, 0.3) is 5.91 Å². The summed E-state index contributed by atoms with van der Waals surface area (Å²) in [6.07, 6.45) is 2.35. The Balaban J connectivity index is 2.87. The number of hydrogen-bond acceptors (Lipinski definition) is 4. The van der Waals surface area contributed by atoms with Crippen LogP contribution in [0.25, 0.3) is 0 Å². The van der Waals surface area contributed by atoms with Crippen molar-refractivity contribution in [2.75, 3.05) is 0 Å². The lowest BCUT2D eigenvalue weighted by molar-refractivity contribution is -0.119. The molecule has 2 N–H and O–H groups in total. The first-order chi connectivity index (χ1) is 5.20. The van der Waals surface area contributed by atoms with Crippen LogP contribution >= 0.6 is 0 Å². The molecule has 0 radical (unpaired) electrons. The molecule has 0 saturated carbocycles. The van der Waals surface area contributed by atoms with Gasteiger partial charge in [0.2, 0.25) is 5.96 Å². The van der Waals surface area contributed by atoms with Crippen molar-refractivity contribution in [1.29, 1.82) is 5.26 Å². The Morgan fingerprint density at radius 3 is 2.91 bits per heavy atom. The summed E-state index contributed by atoms with van der Waals surface area (Å²) in [5.74, 6) is -0.323. The minimum atomic E-state index is -0.472. The lowest BCUT2D eigenvalue weighted by Gasteiger charge is -2.12. The number of nitrogens with zero attached hydrogens (tertiary/aromatic N) is 3. The molecule has 0 aromatic rings. The highest BCUT2D eigenvalue weighted by Crippen LogP contribution is 2.11. The van der Waals surface area contributed by atoms with E-state index in [0.29, 0.717) is 6.42 Å². The van der Waals surface area contributed by atoms with Crippen LogP contribution < -0.4 is 5.73 Å². The molecular weight excluding hydrogens is 144 g/mol. The lowest BCUT2D eigenvalue weighted by Crippen LogP contribution is -2.37. The van der Waals surface area contributed by atoms with Crippen LogP contribution in [-0.2, 0) is 4.79 Å². The van der Waals surface area contributed by atoms with E-state index in [1.807, 2.05) is 0 Å². The van der Waals surface area contributed by atoms with Crippen LogP contribution in [0.5, 0.6) is 0 Å². The molecule has 1 unspecified atom stereocenters. The first-order valence-electron chi connectivity index (χ1n) is 3.27. The van der Waals surface area contributed by atoms with E-state index in [4.69, 9.17) is 11.0 Å². The predicted octanol–water partition coefficient (Wildman–Crippen LogP) is -0.597. The Kier molecular flexibility index (Phi) is 1.77. The topological polar surface area (TPSA) is 82.5 Å². The fourth-order valence-electron chi connectivity index (χ4n) is 0.989. The van der Waals surface area contributed by atoms with Crippen molar-refractivity contribution in [3.8, 4) is 6.19 Å². The van der Waals surface area contributed by atoms with Crippen molar-refractivity contribution in [2.45, 2.75) is 19.4 Å². The number of nitrogens with two attached hydrogens (primary N) is 1. The summed E-state index contributed by atoms with van der Waals surface area (Å²) >= 11 is 0. The summed E-state index contributed by atoms with van der Waals surface area (Å²) in [5, 5.41) is 8.52. The van der Waals surface area contributed by atoms with Crippen LogP contribution in [0, 0.1) is 11.5 Å². The second kappa shape index (κ2) is 2.58. The number of carbonyl (C=O) groups excluding carboxylic acids is 1. The molecule has 1 atom stereocenters. The number of aliphatic imine (C=N–C) groups is 1. The van der Waals surface area contributed by atoms with Crippen LogP contribution in [0.1, 0.15) is 13.3 Å². The van der Waals surface area contributed by atoms with Gasteiger partial charge in [-0.05, 0) is 6.42 Å². The SMILES string of the molecule is CCC1C(=O)N=C(N)N1C#N. The molecule has 1 rings (SSSR count). The molecule has 0 spiro atoms. The van der Waals surface area contributed by atoms with E-state index < -0.39 is 6.04 Å². The highest BCUT2D eigenvalue weighted by molar-refractivity contribution is 6.02. The van der Waals surface area contributed by atoms with Gasteiger partial charge in [-0.15, -0.1) is 0 Å². The lowest BCUT2D eigenvalue weighted by atomic mass is 10.2. The number of amides is 1. The highest BCUT2D eigenvalue weighted by atomic mass is 16.2. The summed E-state index contributed by atoms with van der Waals surface area (Å²) in [6.45, 7) is 1.81. The first-order valence-corrected chi connectivity index (χ1v) is 3.27. The Hall–Kier alpha value is -1.57. The van der Waals surface area contributed by atoms with Crippen molar-refractivity contribution in [3.05, 3.63) is 0 Å². The molecule has 0 bridgehead atoms. The van der Waals surface area contributed by atoms with Gasteiger partial charge in [0.05, 0.1) is 0 Å². The number of hydrogen-bond donors (Lipinski definition) is 1. The second-order valence-electron chi connectivity index (χ2n) is 2.20. The third kappa shape index (κ3) is 1.03.